The van der Waals surface area contributed by atoms with Crippen LogP contribution in [0.5, 0.6) is 0 Å². The van der Waals surface area contributed by atoms with Gasteiger partial charge in [-0.1, -0.05) is 13.8 Å². The molecule has 2 heterocycles. The summed E-state index contributed by atoms with van der Waals surface area (Å²) in [6.07, 6.45) is 5.19. The summed E-state index contributed by atoms with van der Waals surface area (Å²) in [4.78, 5) is 25.7. The maximum Gasteiger partial charge on any atom is 0.326 e. The van der Waals surface area contributed by atoms with Gasteiger partial charge in [0.25, 0.3) is 0 Å². The molecule has 5 nitrogen and oxygen atoms in total. The lowest BCUT2D eigenvalue weighted by molar-refractivity contribution is -0.155. The third kappa shape index (κ3) is 3.08. The molecule has 108 valence electrons. The van der Waals surface area contributed by atoms with Gasteiger partial charge in [0.15, 0.2) is 0 Å². The van der Waals surface area contributed by atoms with E-state index >= 15 is 0 Å². The number of hydrogen-bond donors (Lipinski definition) is 2. The number of carbonyl (C=O) groups is 2. The Morgan fingerprint density at radius 2 is 1.89 bits per heavy atom. The molecule has 0 aromatic rings. The van der Waals surface area contributed by atoms with Crippen LogP contribution in [0.25, 0.3) is 0 Å². The van der Waals surface area contributed by atoms with Crippen LogP contribution in [0.3, 0.4) is 0 Å². The minimum absolute atomic E-state index is 0.0108. The molecule has 0 radical (unpaired) electrons. The van der Waals surface area contributed by atoms with Gasteiger partial charge >= 0.3 is 5.97 Å². The van der Waals surface area contributed by atoms with E-state index in [9.17, 15) is 14.7 Å². The predicted octanol–water partition coefficient (Wildman–Crippen LogP) is 1.37. The molecule has 2 fully saturated rings. The second kappa shape index (κ2) is 5.90. The van der Waals surface area contributed by atoms with E-state index in [-0.39, 0.29) is 24.0 Å². The highest BCUT2D eigenvalue weighted by molar-refractivity contribution is 5.87. The molecule has 2 saturated heterocycles. The summed E-state index contributed by atoms with van der Waals surface area (Å²) in [5.41, 5.74) is 0. The SMILES string of the molecule is CC(C)N[C@H]1CCC[C@H]2CCC[C@@H](C(=O)O)N2C1=O. The van der Waals surface area contributed by atoms with Crippen molar-refractivity contribution in [2.75, 3.05) is 0 Å². The zero-order valence-electron chi connectivity index (χ0n) is 11.8. The first-order valence-corrected chi connectivity index (χ1v) is 7.31. The van der Waals surface area contributed by atoms with Crippen molar-refractivity contribution in [2.24, 2.45) is 0 Å². The van der Waals surface area contributed by atoms with Crippen LogP contribution in [-0.4, -0.2) is 46.1 Å². The van der Waals surface area contributed by atoms with Gasteiger partial charge in [-0.15, -0.1) is 0 Å². The lowest BCUT2D eigenvalue weighted by atomic mass is 9.93. The third-order valence-electron chi connectivity index (χ3n) is 4.15. The molecule has 0 saturated carbocycles. The van der Waals surface area contributed by atoms with Crippen molar-refractivity contribution in [3.8, 4) is 0 Å². The average molecular weight is 268 g/mol. The van der Waals surface area contributed by atoms with Crippen LogP contribution in [0, 0.1) is 0 Å². The summed E-state index contributed by atoms with van der Waals surface area (Å²) in [6, 6.07) is -0.481. The minimum Gasteiger partial charge on any atom is -0.480 e. The fraction of sp³-hybridized carbons (Fsp3) is 0.857. The molecule has 0 aliphatic carbocycles. The molecule has 2 aliphatic rings. The zero-order valence-corrected chi connectivity index (χ0v) is 11.8. The van der Waals surface area contributed by atoms with Gasteiger partial charge in [0, 0.05) is 12.1 Å². The predicted molar refractivity (Wildman–Crippen MR) is 71.8 cm³/mol. The van der Waals surface area contributed by atoms with Gasteiger partial charge in [-0.25, -0.2) is 4.79 Å². The number of hydrogen-bond acceptors (Lipinski definition) is 3. The number of carboxylic acid groups (broad SMARTS) is 1. The monoisotopic (exact) mass is 268 g/mol. The molecule has 0 spiro atoms. The third-order valence-corrected chi connectivity index (χ3v) is 4.15. The summed E-state index contributed by atoms with van der Waals surface area (Å²) in [5, 5.41) is 12.6. The van der Waals surface area contributed by atoms with E-state index in [0.29, 0.717) is 6.42 Å². The highest BCUT2D eigenvalue weighted by atomic mass is 16.4. The number of piperidine rings is 1. The topological polar surface area (TPSA) is 69.6 Å². The van der Waals surface area contributed by atoms with Crippen LogP contribution in [-0.2, 0) is 9.59 Å². The number of amides is 1. The lowest BCUT2D eigenvalue weighted by Crippen LogP contribution is -2.57. The Bertz CT molecular complexity index is 357. The number of aliphatic carboxylic acids is 1. The summed E-state index contributed by atoms with van der Waals surface area (Å²) in [6.45, 7) is 4.03. The molecule has 2 rings (SSSR count). The molecule has 2 aliphatic heterocycles. The maximum absolute atomic E-state index is 12.6. The minimum atomic E-state index is -0.858. The van der Waals surface area contributed by atoms with Gasteiger partial charge in [-0.05, 0) is 38.5 Å². The molecule has 5 heteroatoms. The number of carbonyl (C=O) groups excluding carboxylic acids is 1. The number of rotatable bonds is 3. The molecule has 1 amide bonds. The summed E-state index contributed by atoms with van der Waals surface area (Å²) in [7, 11) is 0. The van der Waals surface area contributed by atoms with Gasteiger partial charge < -0.3 is 15.3 Å². The Kier molecular flexibility index (Phi) is 4.45. The van der Waals surface area contributed by atoms with E-state index in [1.807, 2.05) is 13.8 Å². The summed E-state index contributed by atoms with van der Waals surface area (Å²) in [5.74, 6) is -0.869. The second-order valence-corrected chi connectivity index (χ2v) is 5.99. The van der Waals surface area contributed by atoms with Gasteiger partial charge in [-0.3, -0.25) is 4.79 Å². The number of nitrogens with one attached hydrogen (secondary N) is 1. The number of fused-ring (bicyclic) bond motifs is 1. The fourth-order valence-corrected chi connectivity index (χ4v) is 3.36. The Hall–Kier alpha value is -1.10. The van der Waals surface area contributed by atoms with E-state index in [4.69, 9.17) is 0 Å². The maximum atomic E-state index is 12.6. The Morgan fingerprint density at radius 1 is 1.26 bits per heavy atom. The molecule has 2 N–H and O–H groups in total. The van der Waals surface area contributed by atoms with Crippen LogP contribution in [0.15, 0.2) is 0 Å². The Morgan fingerprint density at radius 3 is 2.47 bits per heavy atom. The Balaban J connectivity index is 2.20. The van der Waals surface area contributed by atoms with Crippen LogP contribution >= 0.6 is 0 Å². The van der Waals surface area contributed by atoms with Crippen LogP contribution in [0.1, 0.15) is 52.4 Å². The highest BCUT2D eigenvalue weighted by Crippen LogP contribution is 2.30. The summed E-state index contributed by atoms with van der Waals surface area (Å²) < 4.78 is 0. The van der Waals surface area contributed by atoms with Crippen LogP contribution in [0.2, 0.25) is 0 Å². The van der Waals surface area contributed by atoms with Crippen molar-refractivity contribution in [2.45, 2.75) is 76.5 Å². The molecule has 0 unspecified atom stereocenters. The quantitative estimate of drug-likeness (QED) is 0.811. The number of nitrogens with zero attached hydrogens (tertiary/aromatic N) is 1. The van der Waals surface area contributed by atoms with Gasteiger partial charge in [-0.2, -0.15) is 0 Å². The molecule has 3 atom stereocenters. The largest absolute Gasteiger partial charge is 0.480 e. The highest BCUT2D eigenvalue weighted by Gasteiger charge is 2.42. The van der Waals surface area contributed by atoms with Crippen molar-refractivity contribution in [1.82, 2.24) is 10.2 Å². The van der Waals surface area contributed by atoms with Gasteiger partial charge in [0.1, 0.15) is 6.04 Å². The average Bonchev–Trinajstić information content (AvgIpc) is 2.49. The molecular weight excluding hydrogens is 244 g/mol. The van der Waals surface area contributed by atoms with Crippen molar-refractivity contribution in [1.29, 1.82) is 0 Å². The van der Waals surface area contributed by atoms with Crippen molar-refractivity contribution in [3.05, 3.63) is 0 Å². The van der Waals surface area contributed by atoms with Crippen molar-refractivity contribution < 1.29 is 14.7 Å². The van der Waals surface area contributed by atoms with E-state index in [1.165, 1.54) is 0 Å². The Labute approximate surface area is 114 Å². The molecule has 0 bridgehead atoms. The normalized spacial score (nSPS) is 32.1. The van der Waals surface area contributed by atoms with E-state index in [1.54, 1.807) is 4.90 Å². The zero-order chi connectivity index (χ0) is 14.0. The van der Waals surface area contributed by atoms with Crippen LogP contribution in [0.4, 0.5) is 0 Å². The lowest BCUT2D eigenvalue weighted by Gasteiger charge is -2.40. The molecular formula is C14H24N2O3. The summed E-state index contributed by atoms with van der Waals surface area (Å²) >= 11 is 0. The molecule has 0 aromatic carbocycles. The second-order valence-electron chi connectivity index (χ2n) is 5.99. The standard InChI is InChI=1S/C14H24N2O3/c1-9(2)15-11-7-3-5-10-6-4-8-12(14(18)19)16(10)13(11)17/h9-12,15H,3-8H2,1-2H3,(H,18,19)/t10-,11-,12-/m0/s1. The van der Waals surface area contributed by atoms with Crippen LogP contribution < -0.4 is 5.32 Å². The van der Waals surface area contributed by atoms with Crippen molar-refractivity contribution >= 4 is 11.9 Å². The smallest absolute Gasteiger partial charge is 0.326 e. The first-order chi connectivity index (χ1) is 9.00. The number of carboxylic acids is 1. The van der Waals surface area contributed by atoms with E-state index in [2.05, 4.69) is 5.32 Å². The van der Waals surface area contributed by atoms with Gasteiger partial charge in [0.2, 0.25) is 5.91 Å². The van der Waals surface area contributed by atoms with Gasteiger partial charge in [0.05, 0.1) is 6.04 Å². The first-order valence-electron chi connectivity index (χ1n) is 7.31. The molecule has 0 aromatic heterocycles. The molecule has 19 heavy (non-hydrogen) atoms. The first kappa shape index (κ1) is 14.3. The van der Waals surface area contributed by atoms with Crippen molar-refractivity contribution in [3.63, 3.8) is 0 Å². The fourth-order valence-electron chi connectivity index (χ4n) is 3.36. The van der Waals surface area contributed by atoms with E-state index in [0.717, 1.165) is 32.1 Å². The van der Waals surface area contributed by atoms with E-state index < -0.39 is 12.0 Å².